The summed E-state index contributed by atoms with van der Waals surface area (Å²) in [4.78, 5) is 36.6. The third-order valence-corrected chi connectivity index (χ3v) is 5.01. The van der Waals surface area contributed by atoms with E-state index in [9.17, 15) is 14.4 Å². The highest BCUT2D eigenvalue weighted by molar-refractivity contribution is 9.10. The lowest BCUT2D eigenvalue weighted by molar-refractivity contribution is -0.136. The number of amides is 1. The van der Waals surface area contributed by atoms with Gasteiger partial charge in [0.05, 0.1) is 23.5 Å². The number of fused-ring (bicyclic) bond motifs is 1. The second-order valence-electron chi connectivity index (χ2n) is 7.04. The highest BCUT2D eigenvalue weighted by Gasteiger charge is 2.18. The van der Waals surface area contributed by atoms with Gasteiger partial charge in [0.2, 0.25) is 0 Å². The molecule has 0 aliphatic rings. The zero-order valence-electron chi connectivity index (χ0n) is 16.9. The van der Waals surface area contributed by atoms with Crippen LogP contribution < -0.4 is 16.4 Å². The Hall–Kier alpha value is -3.46. The number of carboxylic acid groups (broad SMARTS) is 1. The van der Waals surface area contributed by atoms with Crippen LogP contribution in [0.1, 0.15) is 42.4 Å². The molecule has 0 unspecified atom stereocenters. The summed E-state index contributed by atoms with van der Waals surface area (Å²) in [5, 5.41) is 14.1. The summed E-state index contributed by atoms with van der Waals surface area (Å²) in [7, 11) is 0. The molecule has 9 heteroatoms. The van der Waals surface area contributed by atoms with Crippen molar-refractivity contribution in [1.29, 1.82) is 0 Å². The SMILES string of the molecule is CC(C)n1nc(C(=O)NN/C(=C/CC(=O)O)c2ccc(Br)cc2)c2ccccc2c1=O. The van der Waals surface area contributed by atoms with Gasteiger partial charge in [0, 0.05) is 9.86 Å². The highest BCUT2D eigenvalue weighted by Crippen LogP contribution is 2.17. The second kappa shape index (κ2) is 9.57. The predicted octanol–water partition coefficient (Wildman–Crippen LogP) is 3.49. The Balaban J connectivity index is 1.94. The molecule has 0 bridgehead atoms. The van der Waals surface area contributed by atoms with Gasteiger partial charge in [0.25, 0.3) is 11.5 Å². The number of benzene rings is 2. The molecule has 1 aromatic heterocycles. The fraction of sp³-hybridized carbons (Fsp3) is 0.182. The maximum atomic E-state index is 13.0. The van der Waals surface area contributed by atoms with Crippen LogP contribution >= 0.6 is 15.9 Å². The van der Waals surface area contributed by atoms with Crippen molar-refractivity contribution in [2.75, 3.05) is 0 Å². The predicted molar refractivity (Wildman–Crippen MR) is 121 cm³/mol. The molecule has 0 saturated carbocycles. The van der Waals surface area contributed by atoms with Gasteiger partial charge in [-0.25, -0.2) is 4.68 Å². The van der Waals surface area contributed by atoms with Crippen molar-refractivity contribution in [3.63, 3.8) is 0 Å². The van der Waals surface area contributed by atoms with Crippen LogP contribution in [0.5, 0.6) is 0 Å². The number of hydrogen-bond donors (Lipinski definition) is 3. The van der Waals surface area contributed by atoms with Crippen molar-refractivity contribution < 1.29 is 14.7 Å². The molecule has 0 aliphatic heterocycles. The van der Waals surface area contributed by atoms with Gasteiger partial charge in [-0.05, 0) is 43.7 Å². The Morgan fingerprint density at radius 2 is 1.74 bits per heavy atom. The Bertz CT molecular complexity index is 1220. The van der Waals surface area contributed by atoms with E-state index in [1.807, 2.05) is 13.8 Å². The van der Waals surface area contributed by atoms with Gasteiger partial charge < -0.3 is 5.11 Å². The molecule has 0 atom stereocenters. The van der Waals surface area contributed by atoms with Gasteiger partial charge in [-0.3, -0.25) is 25.2 Å². The molecule has 1 amide bonds. The van der Waals surface area contributed by atoms with Crippen LogP contribution in [0.2, 0.25) is 0 Å². The third-order valence-electron chi connectivity index (χ3n) is 4.48. The molecular weight excluding hydrogens is 464 g/mol. The fourth-order valence-corrected chi connectivity index (χ4v) is 3.23. The Kier molecular flexibility index (Phi) is 6.86. The first-order valence-corrected chi connectivity index (χ1v) is 10.3. The quantitative estimate of drug-likeness (QED) is 0.442. The van der Waals surface area contributed by atoms with Gasteiger partial charge in [-0.2, -0.15) is 5.10 Å². The van der Waals surface area contributed by atoms with Crippen LogP contribution in [-0.2, 0) is 4.79 Å². The number of hydrogen-bond acceptors (Lipinski definition) is 5. The summed E-state index contributed by atoms with van der Waals surface area (Å²) in [6.07, 6.45) is 1.24. The van der Waals surface area contributed by atoms with Gasteiger partial charge in [0.1, 0.15) is 0 Å². The lowest BCUT2D eigenvalue weighted by atomic mass is 10.1. The molecule has 1 heterocycles. The average molecular weight is 485 g/mol. The van der Waals surface area contributed by atoms with Crippen molar-refractivity contribution in [3.8, 4) is 0 Å². The number of carboxylic acids is 1. The average Bonchev–Trinajstić information content (AvgIpc) is 2.74. The first kappa shape index (κ1) is 22.2. The summed E-state index contributed by atoms with van der Waals surface area (Å²) in [6.45, 7) is 3.62. The van der Waals surface area contributed by atoms with E-state index >= 15 is 0 Å². The molecule has 0 saturated heterocycles. The van der Waals surface area contributed by atoms with E-state index in [0.717, 1.165) is 4.47 Å². The summed E-state index contributed by atoms with van der Waals surface area (Å²) in [6, 6.07) is 13.7. The minimum atomic E-state index is -1.00. The summed E-state index contributed by atoms with van der Waals surface area (Å²) in [5.41, 5.74) is 6.29. The molecular formula is C22H21BrN4O4. The summed E-state index contributed by atoms with van der Waals surface area (Å²) < 4.78 is 2.14. The number of nitrogens with one attached hydrogen (secondary N) is 2. The number of rotatable bonds is 7. The van der Waals surface area contributed by atoms with Crippen LogP contribution in [-0.4, -0.2) is 26.8 Å². The minimum Gasteiger partial charge on any atom is -0.481 e. The van der Waals surface area contributed by atoms with Gasteiger partial charge in [0.15, 0.2) is 5.69 Å². The molecule has 160 valence electrons. The fourth-order valence-electron chi connectivity index (χ4n) is 2.97. The van der Waals surface area contributed by atoms with Crippen LogP contribution in [0.25, 0.3) is 16.5 Å². The first-order chi connectivity index (χ1) is 14.8. The van der Waals surface area contributed by atoms with E-state index in [4.69, 9.17) is 5.11 Å². The molecule has 8 nitrogen and oxygen atoms in total. The zero-order chi connectivity index (χ0) is 22.5. The standard InChI is InChI=1S/C22H21BrN4O4/c1-13(2)27-22(31)17-6-4-3-5-16(17)20(26-27)21(30)25-24-18(11-12-19(28)29)14-7-9-15(23)10-8-14/h3-11,13,24H,12H2,1-2H3,(H,25,30)(H,28,29)/b18-11+. The van der Waals surface area contributed by atoms with Crippen LogP contribution in [0.15, 0.2) is 63.9 Å². The van der Waals surface area contributed by atoms with E-state index in [2.05, 4.69) is 31.9 Å². The van der Waals surface area contributed by atoms with E-state index in [-0.39, 0.29) is 23.7 Å². The Morgan fingerprint density at radius 3 is 2.35 bits per heavy atom. The number of carbonyl (C=O) groups excluding carboxylic acids is 1. The maximum Gasteiger partial charge on any atom is 0.307 e. The third kappa shape index (κ3) is 5.18. The lowest BCUT2D eigenvalue weighted by Crippen LogP contribution is -2.38. The molecule has 2 aromatic carbocycles. The number of carbonyl (C=O) groups is 2. The molecule has 3 rings (SSSR count). The minimum absolute atomic E-state index is 0.0878. The van der Waals surface area contributed by atoms with Crippen molar-refractivity contribution in [2.24, 2.45) is 0 Å². The monoisotopic (exact) mass is 484 g/mol. The molecule has 31 heavy (non-hydrogen) atoms. The number of aromatic nitrogens is 2. The van der Waals surface area contributed by atoms with E-state index in [1.54, 1.807) is 48.5 Å². The number of aliphatic carboxylic acids is 1. The van der Waals surface area contributed by atoms with Crippen LogP contribution in [0.3, 0.4) is 0 Å². The van der Waals surface area contributed by atoms with Crippen molar-refractivity contribution in [2.45, 2.75) is 26.3 Å². The Labute approximate surface area is 186 Å². The van der Waals surface area contributed by atoms with Gasteiger partial charge in [-0.15, -0.1) is 0 Å². The number of hydrazine groups is 1. The summed E-state index contributed by atoms with van der Waals surface area (Å²) in [5.74, 6) is -1.55. The first-order valence-electron chi connectivity index (χ1n) is 9.53. The van der Waals surface area contributed by atoms with Crippen LogP contribution in [0.4, 0.5) is 0 Å². The number of nitrogens with zero attached hydrogens (tertiary/aromatic N) is 2. The van der Waals surface area contributed by atoms with Crippen molar-refractivity contribution in [3.05, 3.63) is 80.7 Å². The summed E-state index contributed by atoms with van der Waals surface area (Å²) >= 11 is 3.36. The van der Waals surface area contributed by atoms with E-state index in [1.165, 1.54) is 10.8 Å². The normalized spacial score (nSPS) is 11.5. The number of halogens is 1. The molecule has 3 aromatic rings. The van der Waals surface area contributed by atoms with Crippen molar-refractivity contribution in [1.82, 2.24) is 20.6 Å². The highest BCUT2D eigenvalue weighted by atomic mass is 79.9. The maximum absolute atomic E-state index is 13.0. The van der Waals surface area contributed by atoms with Gasteiger partial charge in [-0.1, -0.05) is 46.3 Å². The largest absolute Gasteiger partial charge is 0.481 e. The molecule has 3 N–H and O–H groups in total. The van der Waals surface area contributed by atoms with Crippen LogP contribution in [0, 0.1) is 0 Å². The molecule has 0 fully saturated rings. The van der Waals surface area contributed by atoms with Crippen molar-refractivity contribution >= 4 is 44.3 Å². The zero-order valence-corrected chi connectivity index (χ0v) is 18.5. The molecule has 0 aliphatic carbocycles. The molecule has 0 radical (unpaired) electrons. The smallest absolute Gasteiger partial charge is 0.307 e. The lowest BCUT2D eigenvalue weighted by Gasteiger charge is -2.15. The Morgan fingerprint density at radius 1 is 1.10 bits per heavy atom. The van der Waals surface area contributed by atoms with E-state index in [0.29, 0.717) is 22.0 Å². The molecule has 0 spiro atoms. The topological polar surface area (TPSA) is 113 Å². The second-order valence-corrected chi connectivity index (χ2v) is 7.96. The van der Waals surface area contributed by atoms with E-state index < -0.39 is 11.9 Å². The van der Waals surface area contributed by atoms with Gasteiger partial charge >= 0.3 is 5.97 Å².